The third-order valence-electron chi connectivity index (χ3n) is 2.46. The minimum atomic E-state index is -0.856. The molecule has 2 aromatic rings. The van der Waals surface area contributed by atoms with Crippen molar-refractivity contribution in [3.63, 3.8) is 0 Å². The van der Waals surface area contributed by atoms with Gasteiger partial charge in [0.25, 0.3) is 0 Å². The molecule has 0 aromatic carbocycles. The Morgan fingerprint density at radius 2 is 2.24 bits per heavy atom. The summed E-state index contributed by atoms with van der Waals surface area (Å²) in [4.78, 5) is 3.87. The highest BCUT2D eigenvalue weighted by molar-refractivity contribution is 6.31. The second-order valence-corrected chi connectivity index (χ2v) is 4.30. The maximum Gasteiger partial charge on any atom is 0.129 e. The number of aromatic nitrogens is 3. The molecule has 90 valence electrons. The van der Waals surface area contributed by atoms with Crippen molar-refractivity contribution in [1.82, 2.24) is 14.8 Å². The van der Waals surface area contributed by atoms with E-state index in [1.807, 2.05) is 6.92 Å². The average Bonchev–Trinajstić information content (AvgIpc) is 2.69. The lowest BCUT2D eigenvalue weighted by molar-refractivity contribution is 0.208. The molecule has 6 heteroatoms. The fourth-order valence-corrected chi connectivity index (χ4v) is 2.07. The number of aliphatic hydroxyl groups excluding tert-OH is 1. The fourth-order valence-electron chi connectivity index (χ4n) is 1.64. The van der Waals surface area contributed by atoms with Gasteiger partial charge in [0.2, 0.25) is 0 Å². The Labute approximate surface area is 109 Å². The van der Waals surface area contributed by atoms with E-state index in [9.17, 15) is 5.11 Å². The average molecular weight is 272 g/mol. The van der Waals surface area contributed by atoms with Gasteiger partial charge in [-0.2, -0.15) is 5.10 Å². The summed E-state index contributed by atoms with van der Waals surface area (Å²) in [6.45, 7) is 2.57. The Kier molecular flexibility index (Phi) is 3.66. The number of halogens is 2. The molecule has 0 saturated carbocycles. The van der Waals surface area contributed by atoms with Crippen LogP contribution in [0, 0.1) is 0 Å². The van der Waals surface area contributed by atoms with Crippen molar-refractivity contribution in [1.29, 1.82) is 0 Å². The van der Waals surface area contributed by atoms with Gasteiger partial charge in [-0.3, -0.25) is 4.68 Å². The molecule has 0 aliphatic carbocycles. The van der Waals surface area contributed by atoms with Gasteiger partial charge in [-0.15, -0.1) is 0 Å². The van der Waals surface area contributed by atoms with E-state index in [1.165, 1.54) is 6.20 Å². The first-order valence-electron chi connectivity index (χ1n) is 5.14. The molecule has 0 aliphatic rings. The van der Waals surface area contributed by atoms with Crippen LogP contribution < -0.4 is 0 Å². The van der Waals surface area contributed by atoms with E-state index < -0.39 is 6.10 Å². The molecule has 1 atom stereocenters. The molecule has 0 fully saturated rings. The Hall–Kier alpha value is -1.10. The van der Waals surface area contributed by atoms with E-state index in [0.29, 0.717) is 28.0 Å². The van der Waals surface area contributed by atoms with Crippen LogP contribution in [0.2, 0.25) is 10.2 Å². The van der Waals surface area contributed by atoms with E-state index >= 15 is 0 Å². The van der Waals surface area contributed by atoms with E-state index in [1.54, 1.807) is 23.0 Å². The lowest BCUT2D eigenvalue weighted by Gasteiger charge is -2.13. The zero-order valence-corrected chi connectivity index (χ0v) is 10.7. The van der Waals surface area contributed by atoms with E-state index in [2.05, 4.69) is 10.1 Å². The van der Waals surface area contributed by atoms with Crippen molar-refractivity contribution < 1.29 is 5.11 Å². The largest absolute Gasteiger partial charge is 0.382 e. The van der Waals surface area contributed by atoms with Crippen molar-refractivity contribution >= 4 is 23.2 Å². The van der Waals surface area contributed by atoms with Gasteiger partial charge >= 0.3 is 0 Å². The predicted octanol–water partition coefficient (Wildman–Crippen LogP) is 2.69. The first-order valence-corrected chi connectivity index (χ1v) is 5.89. The lowest BCUT2D eigenvalue weighted by Crippen LogP contribution is -2.09. The number of aryl methyl sites for hydroxylation is 1. The highest BCUT2D eigenvalue weighted by Crippen LogP contribution is 2.28. The topological polar surface area (TPSA) is 50.9 Å². The molecule has 0 aliphatic heterocycles. The number of nitrogens with zero attached hydrogens (tertiary/aromatic N) is 3. The summed E-state index contributed by atoms with van der Waals surface area (Å²) in [5.74, 6) is 0. The van der Waals surface area contributed by atoms with Crippen LogP contribution in [0.15, 0.2) is 24.5 Å². The molecule has 0 bridgehead atoms. The zero-order valence-electron chi connectivity index (χ0n) is 9.14. The fraction of sp³-hybridized carbons (Fsp3) is 0.273. The van der Waals surface area contributed by atoms with Crippen molar-refractivity contribution in [3.8, 4) is 0 Å². The summed E-state index contributed by atoms with van der Waals surface area (Å²) in [5, 5.41) is 15.1. The normalized spacial score (nSPS) is 12.7. The minimum Gasteiger partial charge on any atom is -0.382 e. The summed E-state index contributed by atoms with van der Waals surface area (Å²) < 4.78 is 1.65. The zero-order chi connectivity index (χ0) is 12.4. The molecule has 4 nitrogen and oxygen atoms in total. The summed E-state index contributed by atoms with van der Waals surface area (Å²) in [6.07, 6.45) is 2.21. The number of hydrogen-bond acceptors (Lipinski definition) is 3. The maximum absolute atomic E-state index is 10.3. The van der Waals surface area contributed by atoms with Gasteiger partial charge < -0.3 is 5.11 Å². The molecular weight excluding hydrogens is 261 g/mol. The van der Waals surface area contributed by atoms with Crippen LogP contribution >= 0.6 is 23.2 Å². The third kappa shape index (κ3) is 2.44. The van der Waals surface area contributed by atoms with Crippen LogP contribution in [0.3, 0.4) is 0 Å². The summed E-state index contributed by atoms with van der Waals surface area (Å²) in [7, 11) is 0. The van der Waals surface area contributed by atoms with Crippen molar-refractivity contribution in [2.75, 3.05) is 0 Å². The van der Waals surface area contributed by atoms with E-state index in [4.69, 9.17) is 23.2 Å². The third-order valence-corrected chi connectivity index (χ3v) is 2.96. The van der Waals surface area contributed by atoms with Gasteiger partial charge in [0.15, 0.2) is 0 Å². The maximum atomic E-state index is 10.3. The van der Waals surface area contributed by atoms with Crippen LogP contribution in [0.1, 0.15) is 24.3 Å². The SMILES string of the molecule is CCn1ncc(Cl)c1C(O)c1ccnc(Cl)c1. The molecule has 2 rings (SSSR count). The van der Waals surface area contributed by atoms with Gasteiger partial charge in [0.1, 0.15) is 11.3 Å². The van der Waals surface area contributed by atoms with Crippen molar-refractivity contribution in [2.24, 2.45) is 0 Å². The number of pyridine rings is 1. The van der Waals surface area contributed by atoms with Crippen LogP contribution in [0.5, 0.6) is 0 Å². The smallest absolute Gasteiger partial charge is 0.129 e. The van der Waals surface area contributed by atoms with Crippen molar-refractivity contribution in [3.05, 3.63) is 46.0 Å². The molecule has 2 aromatic heterocycles. The number of hydrogen-bond donors (Lipinski definition) is 1. The summed E-state index contributed by atoms with van der Waals surface area (Å²) >= 11 is 11.8. The molecule has 1 N–H and O–H groups in total. The standard InChI is InChI=1S/C11H11Cl2N3O/c1-2-16-10(8(12)6-15-16)11(17)7-3-4-14-9(13)5-7/h3-6,11,17H,2H2,1H3. The molecule has 1 unspecified atom stereocenters. The molecule has 0 saturated heterocycles. The monoisotopic (exact) mass is 271 g/mol. The van der Waals surface area contributed by atoms with Gasteiger partial charge in [-0.05, 0) is 24.6 Å². The highest BCUT2D eigenvalue weighted by Gasteiger charge is 2.19. The first kappa shape index (κ1) is 12.4. The number of aliphatic hydroxyl groups is 1. The Morgan fingerprint density at radius 1 is 1.47 bits per heavy atom. The lowest BCUT2D eigenvalue weighted by atomic mass is 10.1. The van der Waals surface area contributed by atoms with E-state index in [0.717, 1.165) is 0 Å². The van der Waals surface area contributed by atoms with Crippen molar-refractivity contribution in [2.45, 2.75) is 19.6 Å². The first-order chi connectivity index (χ1) is 8.13. The number of rotatable bonds is 3. The van der Waals surface area contributed by atoms with Crippen LogP contribution in [-0.2, 0) is 6.54 Å². The second kappa shape index (κ2) is 5.04. The van der Waals surface area contributed by atoms with Gasteiger partial charge in [0.05, 0.1) is 16.9 Å². The second-order valence-electron chi connectivity index (χ2n) is 3.51. The highest BCUT2D eigenvalue weighted by atomic mass is 35.5. The van der Waals surface area contributed by atoms with Crippen LogP contribution in [0.25, 0.3) is 0 Å². The quantitative estimate of drug-likeness (QED) is 0.874. The molecular formula is C11H11Cl2N3O. The van der Waals surface area contributed by atoms with Gasteiger partial charge in [-0.25, -0.2) is 4.98 Å². The Morgan fingerprint density at radius 3 is 2.88 bits per heavy atom. The predicted molar refractivity (Wildman–Crippen MR) is 66.2 cm³/mol. The molecule has 0 spiro atoms. The Bertz CT molecular complexity index is 527. The van der Waals surface area contributed by atoms with Gasteiger partial charge in [-0.1, -0.05) is 23.2 Å². The molecule has 0 amide bonds. The summed E-state index contributed by atoms with van der Waals surface area (Å²) in [6, 6.07) is 3.30. The minimum absolute atomic E-state index is 0.334. The summed E-state index contributed by atoms with van der Waals surface area (Å²) in [5.41, 5.74) is 1.21. The van der Waals surface area contributed by atoms with E-state index in [-0.39, 0.29) is 0 Å². The van der Waals surface area contributed by atoms with Crippen LogP contribution in [-0.4, -0.2) is 19.9 Å². The van der Waals surface area contributed by atoms with Gasteiger partial charge in [0, 0.05) is 12.7 Å². The molecule has 17 heavy (non-hydrogen) atoms. The Balaban J connectivity index is 2.43. The molecule has 0 radical (unpaired) electrons. The van der Waals surface area contributed by atoms with Crippen LogP contribution in [0.4, 0.5) is 0 Å². The molecule has 2 heterocycles.